The Morgan fingerprint density at radius 3 is 2.29 bits per heavy atom. The van der Waals surface area contributed by atoms with Gasteiger partial charge in [0.1, 0.15) is 0 Å². The van der Waals surface area contributed by atoms with Gasteiger partial charge in [0.25, 0.3) is 0 Å². The lowest BCUT2D eigenvalue weighted by molar-refractivity contribution is -0.127. The zero-order valence-electron chi connectivity index (χ0n) is 13.4. The van der Waals surface area contributed by atoms with Crippen LogP contribution in [0.2, 0.25) is 0 Å². The molecule has 0 aromatic carbocycles. The number of rotatable bonds is 4. The van der Waals surface area contributed by atoms with E-state index in [1.807, 2.05) is 6.92 Å². The minimum absolute atomic E-state index is 0. The van der Waals surface area contributed by atoms with Crippen LogP contribution >= 0.6 is 24.8 Å². The molecule has 3 atom stereocenters. The Morgan fingerprint density at radius 1 is 1.29 bits per heavy atom. The number of hydrogen-bond acceptors (Lipinski definition) is 3. The summed E-state index contributed by atoms with van der Waals surface area (Å²) in [7, 11) is 2.23. The van der Waals surface area contributed by atoms with Crippen molar-refractivity contribution >= 4 is 30.7 Å². The zero-order valence-corrected chi connectivity index (χ0v) is 15.1. The first kappa shape index (κ1) is 21.0. The molecule has 4 nitrogen and oxygen atoms in total. The van der Waals surface area contributed by atoms with E-state index in [9.17, 15) is 4.79 Å². The van der Waals surface area contributed by atoms with E-state index in [1.54, 1.807) is 0 Å². The molecule has 2 saturated heterocycles. The van der Waals surface area contributed by atoms with Crippen LogP contribution in [0.1, 0.15) is 58.8 Å². The van der Waals surface area contributed by atoms with Crippen LogP contribution < -0.4 is 11.1 Å². The van der Waals surface area contributed by atoms with Gasteiger partial charge < -0.3 is 16.0 Å². The minimum atomic E-state index is -0.715. The van der Waals surface area contributed by atoms with Gasteiger partial charge in [-0.2, -0.15) is 0 Å². The number of nitrogens with zero attached hydrogens (tertiary/aromatic N) is 1. The van der Waals surface area contributed by atoms with Crippen molar-refractivity contribution in [3.63, 3.8) is 0 Å². The Balaban J connectivity index is 0.00000200. The van der Waals surface area contributed by atoms with Crippen molar-refractivity contribution in [1.82, 2.24) is 10.2 Å². The first-order valence-corrected chi connectivity index (χ1v) is 7.76. The summed E-state index contributed by atoms with van der Waals surface area (Å²) in [5.41, 5.74) is 5.39. The second-order valence-corrected chi connectivity index (χ2v) is 6.71. The van der Waals surface area contributed by atoms with Crippen molar-refractivity contribution in [2.45, 2.75) is 82.5 Å². The van der Waals surface area contributed by atoms with Crippen LogP contribution in [0.25, 0.3) is 0 Å². The van der Waals surface area contributed by atoms with E-state index in [1.165, 1.54) is 19.3 Å². The van der Waals surface area contributed by atoms with E-state index in [0.717, 1.165) is 25.7 Å². The molecular formula is C15H31Cl2N3O. The molecule has 0 aromatic rings. The number of amides is 1. The van der Waals surface area contributed by atoms with Gasteiger partial charge in [-0.05, 0) is 46.1 Å². The fraction of sp³-hybridized carbons (Fsp3) is 0.933. The maximum absolute atomic E-state index is 12.3. The predicted octanol–water partition coefficient (Wildman–Crippen LogP) is 2.48. The van der Waals surface area contributed by atoms with Crippen LogP contribution in [0.3, 0.4) is 0 Å². The van der Waals surface area contributed by atoms with Crippen molar-refractivity contribution in [2.24, 2.45) is 5.73 Å². The number of hydrogen-bond donors (Lipinski definition) is 2. The monoisotopic (exact) mass is 339 g/mol. The summed E-state index contributed by atoms with van der Waals surface area (Å²) >= 11 is 0. The van der Waals surface area contributed by atoms with E-state index in [4.69, 9.17) is 5.73 Å². The van der Waals surface area contributed by atoms with Gasteiger partial charge in [-0.15, -0.1) is 24.8 Å². The van der Waals surface area contributed by atoms with Crippen molar-refractivity contribution < 1.29 is 4.79 Å². The number of carbonyl (C=O) groups excluding carboxylic acids is 1. The summed E-state index contributed by atoms with van der Waals surface area (Å²) in [5.74, 6) is 0.0296. The van der Waals surface area contributed by atoms with Crippen LogP contribution in [0.15, 0.2) is 0 Å². The lowest BCUT2D eigenvalue weighted by Crippen LogP contribution is -2.59. The summed E-state index contributed by atoms with van der Waals surface area (Å²) in [6.07, 6.45) is 7.74. The summed E-state index contributed by atoms with van der Waals surface area (Å²) in [6, 6.07) is 1.61. The van der Waals surface area contributed by atoms with Gasteiger partial charge in [-0.25, -0.2) is 0 Å². The minimum Gasteiger partial charge on any atom is -0.352 e. The van der Waals surface area contributed by atoms with Gasteiger partial charge >= 0.3 is 0 Å². The SMILES string of the molecule is CCCC(C)(N)C(=O)NC1CC2CCCC(C1)N2C.Cl.Cl. The number of carbonyl (C=O) groups is 1. The van der Waals surface area contributed by atoms with Gasteiger partial charge in [0.05, 0.1) is 5.54 Å². The van der Waals surface area contributed by atoms with E-state index < -0.39 is 5.54 Å². The van der Waals surface area contributed by atoms with Gasteiger partial charge in [-0.3, -0.25) is 4.79 Å². The Kier molecular flexibility index (Phi) is 8.55. The van der Waals surface area contributed by atoms with Crippen molar-refractivity contribution in [2.75, 3.05) is 7.05 Å². The third-order valence-electron chi connectivity index (χ3n) is 4.96. The molecule has 0 saturated carbocycles. The van der Waals surface area contributed by atoms with Gasteiger partial charge in [0.15, 0.2) is 0 Å². The van der Waals surface area contributed by atoms with Crippen molar-refractivity contribution in [3.8, 4) is 0 Å². The van der Waals surface area contributed by atoms with Gasteiger partial charge in [0, 0.05) is 18.1 Å². The quantitative estimate of drug-likeness (QED) is 0.827. The highest BCUT2D eigenvalue weighted by atomic mass is 35.5. The molecule has 2 fully saturated rings. The molecule has 2 aliphatic heterocycles. The molecule has 21 heavy (non-hydrogen) atoms. The highest BCUT2D eigenvalue weighted by molar-refractivity contribution is 5.86. The number of halogens is 2. The van der Waals surface area contributed by atoms with Crippen LogP contribution in [-0.2, 0) is 4.79 Å². The summed E-state index contributed by atoms with van der Waals surface area (Å²) in [5, 5.41) is 3.20. The second-order valence-electron chi connectivity index (χ2n) is 6.71. The Morgan fingerprint density at radius 2 is 1.81 bits per heavy atom. The molecule has 0 aliphatic carbocycles. The average Bonchev–Trinajstić information content (AvgIpc) is 2.30. The lowest BCUT2D eigenvalue weighted by atomic mass is 9.82. The van der Waals surface area contributed by atoms with E-state index in [-0.39, 0.29) is 30.7 Å². The van der Waals surface area contributed by atoms with Crippen molar-refractivity contribution in [1.29, 1.82) is 0 Å². The molecule has 0 spiro atoms. The normalized spacial score (nSPS) is 31.3. The van der Waals surface area contributed by atoms with Gasteiger partial charge in [0.2, 0.25) is 5.91 Å². The molecule has 3 unspecified atom stereocenters. The topological polar surface area (TPSA) is 58.4 Å². The fourth-order valence-corrected chi connectivity index (χ4v) is 3.72. The zero-order chi connectivity index (χ0) is 14.0. The van der Waals surface area contributed by atoms with Crippen LogP contribution in [-0.4, -0.2) is 41.5 Å². The highest BCUT2D eigenvalue weighted by Crippen LogP contribution is 2.32. The standard InChI is InChI=1S/C15H29N3O.2ClH/c1-4-8-15(2,16)14(19)17-11-9-12-6-5-7-13(10-11)18(12)3;;/h11-13H,4-10,16H2,1-3H3,(H,17,19);2*1H. The third kappa shape index (κ3) is 4.98. The summed E-state index contributed by atoms with van der Waals surface area (Å²) in [6.45, 7) is 3.92. The molecule has 2 aliphatic rings. The average molecular weight is 340 g/mol. The number of nitrogens with two attached hydrogens (primary N) is 1. The summed E-state index contributed by atoms with van der Waals surface area (Å²) in [4.78, 5) is 14.8. The van der Waals surface area contributed by atoms with E-state index in [0.29, 0.717) is 18.1 Å². The van der Waals surface area contributed by atoms with E-state index >= 15 is 0 Å². The Bertz CT molecular complexity index is 325. The fourth-order valence-electron chi connectivity index (χ4n) is 3.72. The molecule has 3 N–H and O–H groups in total. The molecular weight excluding hydrogens is 309 g/mol. The number of nitrogens with one attached hydrogen (secondary N) is 1. The first-order chi connectivity index (χ1) is 8.94. The molecule has 0 radical (unpaired) electrons. The smallest absolute Gasteiger partial charge is 0.240 e. The van der Waals surface area contributed by atoms with Gasteiger partial charge in [-0.1, -0.05) is 19.8 Å². The summed E-state index contributed by atoms with van der Waals surface area (Å²) < 4.78 is 0. The predicted molar refractivity (Wildman–Crippen MR) is 92.4 cm³/mol. The molecule has 2 heterocycles. The molecule has 126 valence electrons. The first-order valence-electron chi connectivity index (χ1n) is 7.76. The highest BCUT2D eigenvalue weighted by Gasteiger charge is 2.38. The number of piperidine rings is 2. The lowest BCUT2D eigenvalue weighted by Gasteiger charge is -2.47. The number of fused-ring (bicyclic) bond motifs is 2. The van der Waals surface area contributed by atoms with Crippen LogP contribution in [0, 0.1) is 0 Å². The molecule has 0 aromatic heterocycles. The molecule has 6 heteroatoms. The van der Waals surface area contributed by atoms with Crippen LogP contribution in [0.5, 0.6) is 0 Å². The second kappa shape index (κ2) is 8.56. The van der Waals surface area contributed by atoms with E-state index in [2.05, 4.69) is 24.2 Å². The molecule has 1 amide bonds. The maximum Gasteiger partial charge on any atom is 0.240 e. The molecule has 2 bridgehead atoms. The Labute approximate surface area is 141 Å². The van der Waals surface area contributed by atoms with Crippen LogP contribution in [0.4, 0.5) is 0 Å². The third-order valence-corrected chi connectivity index (χ3v) is 4.96. The molecule has 2 rings (SSSR count). The largest absolute Gasteiger partial charge is 0.352 e. The van der Waals surface area contributed by atoms with Crippen molar-refractivity contribution in [3.05, 3.63) is 0 Å². The Hall–Kier alpha value is -0.0300. The maximum atomic E-state index is 12.3.